The molecule has 1 aromatic heterocycles. The molecule has 0 radical (unpaired) electrons. The van der Waals surface area contributed by atoms with E-state index < -0.39 is 0 Å². The van der Waals surface area contributed by atoms with Gasteiger partial charge in [0.15, 0.2) is 5.58 Å². The predicted octanol–water partition coefficient (Wildman–Crippen LogP) is 5.48. The third-order valence-electron chi connectivity index (χ3n) is 6.00. The number of hydrogen-bond acceptors (Lipinski definition) is 6. The second kappa shape index (κ2) is 10.6. The Bertz CT molecular complexity index is 1400. The zero-order valence-electron chi connectivity index (χ0n) is 19.7. The SMILES string of the molecule is Cc1cccc(C(=O)N2CCN(c3ccc(NC(=O)CSc4nc5cc(Cl)ccc5o4)cc3)CC2)c1. The summed E-state index contributed by atoms with van der Waals surface area (Å²) in [5.74, 6) is 0.117. The Balaban J connectivity index is 1.11. The number of nitrogens with zero attached hydrogens (tertiary/aromatic N) is 3. The lowest BCUT2D eigenvalue weighted by Gasteiger charge is -2.36. The molecule has 1 saturated heterocycles. The molecule has 184 valence electrons. The van der Waals surface area contributed by atoms with Gasteiger partial charge in [-0.25, -0.2) is 4.98 Å². The van der Waals surface area contributed by atoms with Gasteiger partial charge in [-0.3, -0.25) is 9.59 Å². The summed E-state index contributed by atoms with van der Waals surface area (Å²) in [6.07, 6.45) is 0. The maximum Gasteiger partial charge on any atom is 0.257 e. The molecule has 7 nitrogen and oxygen atoms in total. The van der Waals surface area contributed by atoms with Crippen molar-refractivity contribution in [3.63, 3.8) is 0 Å². The van der Waals surface area contributed by atoms with Crippen molar-refractivity contribution in [1.29, 1.82) is 0 Å². The second-order valence-electron chi connectivity index (χ2n) is 8.62. The van der Waals surface area contributed by atoms with Gasteiger partial charge in [-0.1, -0.05) is 41.1 Å². The Morgan fingerprint density at radius 2 is 1.81 bits per heavy atom. The molecule has 0 spiro atoms. The third kappa shape index (κ3) is 5.66. The van der Waals surface area contributed by atoms with E-state index in [1.165, 1.54) is 11.8 Å². The average Bonchev–Trinajstić information content (AvgIpc) is 3.30. The van der Waals surface area contributed by atoms with E-state index >= 15 is 0 Å². The molecule has 5 rings (SSSR count). The van der Waals surface area contributed by atoms with Crippen LogP contribution in [-0.2, 0) is 4.79 Å². The third-order valence-corrected chi connectivity index (χ3v) is 7.07. The molecule has 1 aliphatic heterocycles. The van der Waals surface area contributed by atoms with E-state index in [1.807, 2.05) is 60.4 Å². The molecule has 1 fully saturated rings. The van der Waals surface area contributed by atoms with E-state index in [-0.39, 0.29) is 17.6 Å². The molecule has 0 bridgehead atoms. The van der Waals surface area contributed by atoms with E-state index in [0.29, 0.717) is 34.4 Å². The summed E-state index contributed by atoms with van der Waals surface area (Å²) in [5, 5.41) is 3.93. The highest BCUT2D eigenvalue weighted by atomic mass is 35.5. The van der Waals surface area contributed by atoms with E-state index in [2.05, 4.69) is 15.2 Å². The maximum atomic E-state index is 12.8. The van der Waals surface area contributed by atoms with Gasteiger partial charge in [0.05, 0.1) is 5.75 Å². The van der Waals surface area contributed by atoms with Gasteiger partial charge in [0.25, 0.3) is 11.1 Å². The van der Waals surface area contributed by atoms with Crippen LogP contribution in [0.5, 0.6) is 0 Å². The maximum absolute atomic E-state index is 12.8. The number of rotatable bonds is 6. The molecule has 0 unspecified atom stereocenters. The number of amides is 2. The van der Waals surface area contributed by atoms with Crippen molar-refractivity contribution >= 4 is 57.7 Å². The van der Waals surface area contributed by atoms with Crippen molar-refractivity contribution < 1.29 is 14.0 Å². The van der Waals surface area contributed by atoms with Gasteiger partial charge in [0.2, 0.25) is 5.91 Å². The summed E-state index contributed by atoms with van der Waals surface area (Å²) in [6, 6.07) is 20.7. The number of nitrogens with one attached hydrogen (secondary N) is 1. The first kappa shape index (κ1) is 24.2. The van der Waals surface area contributed by atoms with Crippen LogP contribution in [0.2, 0.25) is 5.02 Å². The predicted molar refractivity (Wildman–Crippen MR) is 144 cm³/mol. The fourth-order valence-electron chi connectivity index (χ4n) is 4.15. The Morgan fingerprint density at radius 1 is 1.03 bits per heavy atom. The zero-order chi connectivity index (χ0) is 25.1. The largest absolute Gasteiger partial charge is 0.431 e. The first-order valence-corrected chi connectivity index (χ1v) is 13.0. The molecule has 1 N–H and O–H groups in total. The van der Waals surface area contributed by atoms with Crippen molar-refractivity contribution in [2.75, 3.05) is 42.1 Å². The van der Waals surface area contributed by atoms with Crippen LogP contribution in [-0.4, -0.2) is 53.6 Å². The van der Waals surface area contributed by atoms with Gasteiger partial charge >= 0.3 is 0 Å². The number of benzene rings is 3. The van der Waals surface area contributed by atoms with Crippen LogP contribution in [0, 0.1) is 6.92 Å². The summed E-state index contributed by atoms with van der Waals surface area (Å²) in [4.78, 5) is 33.7. The number of fused-ring (bicyclic) bond motifs is 1. The van der Waals surface area contributed by atoms with Crippen molar-refractivity contribution in [2.45, 2.75) is 12.1 Å². The summed E-state index contributed by atoms with van der Waals surface area (Å²) in [6.45, 7) is 4.86. The Labute approximate surface area is 218 Å². The summed E-state index contributed by atoms with van der Waals surface area (Å²) in [5.41, 5.74) is 4.92. The van der Waals surface area contributed by atoms with Gasteiger partial charge in [-0.15, -0.1) is 0 Å². The van der Waals surface area contributed by atoms with E-state index in [0.717, 1.165) is 35.6 Å². The number of piperazine rings is 1. The molecular formula is C27H25ClN4O3S. The number of hydrogen-bond donors (Lipinski definition) is 1. The Hall–Kier alpha value is -3.49. The highest BCUT2D eigenvalue weighted by molar-refractivity contribution is 7.99. The van der Waals surface area contributed by atoms with Crippen molar-refractivity contribution in [3.8, 4) is 0 Å². The van der Waals surface area contributed by atoms with Crippen LogP contribution in [0.15, 0.2) is 76.4 Å². The molecule has 36 heavy (non-hydrogen) atoms. The molecule has 3 aromatic carbocycles. The van der Waals surface area contributed by atoms with Crippen LogP contribution in [0.25, 0.3) is 11.1 Å². The number of oxazole rings is 1. The fourth-order valence-corrected chi connectivity index (χ4v) is 4.95. The van der Waals surface area contributed by atoms with E-state index in [4.69, 9.17) is 16.0 Å². The molecule has 2 heterocycles. The number of aryl methyl sites for hydroxylation is 1. The lowest BCUT2D eigenvalue weighted by atomic mass is 10.1. The zero-order valence-corrected chi connectivity index (χ0v) is 21.3. The highest BCUT2D eigenvalue weighted by Gasteiger charge is 2.22. The van der Waals surface area contributed by atoms with Gasteiger partial charge in [-0.2, -0.15) is 0 Å². The minimum atomic E-state index is -0.142. The summed E-state index contributed by atoms with van der Waals surface area (Å²) >= 11 is 7.22. The smallest absolute Gasteiger partial charge is 0.257 e. The number of halogens is 1. The van der Waals surface area contributed by atoms with Crippen LogP contribution >= 0.6 is 23.4 Å². The van der Waals surface area contributed by atoms with Crippen molar-refractivity contribution in [3.05, 3.63) is 82.9 Å². The van der Waals surface area contributed by atoms with Crippen LogP contribution < -0.4 is 10.2 Å². The molecule has 0 aliphatic carbocycles. The van der Waals surface area contributed by atoms with Crippen LogP contribution in [0.3, 0.4) is 0 Å². The van der Waals surface area contributed by atoms with Crippen molar-refractivity contribution in [1.82, 2.24) is 9.88 Å². The number of thioether (sulfide) groups is 1. The molecular weight excluding hydrogens is 496 g/mol. The molecule has 0 atom stereocenters. The minimum Gasteiger partial charge on any atom is -0.431 e. The number of carbonyl (C=O) groups excluding carboxylic acids is 2. The molecule has 1 aliphatic rings. The standard InChI is InChI=1S/C27H25ClN4O3S/c1-18-3-2-4-19(15-18)26(34)32-13-11-31(12-14-32)22-8-6-21(7-9-22)29-25(33)17-36-27-30-23-16-20(28)5-10-24(23)35-27/h2-10,15-16H,11-14,17H2,1H3,(H,29,33). The van der Waals surface area contributed by atoms with Gasteiger partial charge in [0, 0.05) is 48.1 Å². The highest BCUT2D eigenvalue weighted by Crippen LogP contribution is 2.26. The van der Waals surface area contributed by atoms with Gasteiger partial charge < -0.3 is 19.5 Å². The number of anilines is 2. The van der Waals surface area contributed by atoms with Gasteiger partial charge in [0.1, 0.15) is 5.52 Å². The topological polar surface area (TPSA) is 78.7 Å². The molecule has 0 saturated carbocycles. The quantitative estimate of drug-likeness (QED) is 0.339. The molecule has 4 aromatic rings. The first-order chi connectivity index (χ1) is 17.4. The van der Waals surface area contributed by atoms with Gasteiger partial charge in [-0.05, 0) is 61.5 Å². The summed E-state index contributed by atoms with van der Waals surface area (Å²) < 4.78 is 5.64. The average molecular weight is 521 g/mol. The van der Waals surface area contributed by atoms with Crippen molar-refractivity contribution in [2.24, 2.45) is 0 Å². The molecule has 9 heteroatoms. The van der Waals surface area contributed by atoms with E-state index in [1.54, 1.807) is 18.2 Å². The Kier molecular flexibility index (Phi) is 7.16. The van der Waals surface area contributed by atoms with Crippen LogP contribution in [0.1, 0.15) is 15.9 Å². The molecule has 2 amide bonds. The lowest BCUT2D eigenvalue weighted by Crippen LogP contribution is -2.48. The fraction of sp³-hybridized carbons (Fsp3) is 0.222. The number of carbonyl (C=O) groups is 2. The van der Waals surface area contributed by atoms with Crippen LogP contribution in [0.4, 0.5) is 11.4 Å². The minimum absolute atomic E-state index is 0.0796. The van der Waals surface area contributed by atoms with E-state index in [9.17, 15) is 9.59 Å². The number of aromatic nitrogens is 1. The summed E-state index contributed by atoms with van der Waals surface area (Å²) in [7, 11) is 0. The normalized spacial score (nSPS) is 13.7. The first-order valence-electron chi connectivity index (χ1n) is 11.6. The second-order valence-corrected chi connectivity index (χ2v) is 9.99. The monoisotopic (exact) mass is 520 g/mol. The Morgan fingerprint density at radius 3 is 2.56 bits per heavy atom. The lowest BCUT2D eigenvalue weighted by molar-refractivity contribution is -0.113.